The molecule has 1 atom stereocenters. The first kappa shape index (κ1) is 31.1. The van der Waals surface area contributed by atoms with Gasteiger partial charge in [0, 0.05) is 45.3 Å². The van der Waals surface area contributed by atoms with Crippen LogP contribution in [0.15, 0.2) is 42.5 Å². The van der Waals surface area contributed by atoms with Crippen LogP contribution in [0.3, 0.4) is 0 Å². The Balaban J connectivity index is 1.76. The van der Waals surface area contributed by atoms with Crippen molar-refractivity contribution in [3.63, 3.8) is 0 Å². The van der Waals surface area contributed by atoms with Crippen molar-refractivity contribution in [3.8, 4) is 5.75 Å². The number of amides is 4. The molecular weight excluding hydrogens is 502 g/mol. The molecule has 2 rings (SSSR count). The van der Waals surface area contributed by atoms with E-state index in [9.17, 15) is 19.2 Å². The first-order chi connectivity index (χ1) is 18.5. The summed E-state index contributed by atoms with van der Waals surface area (Å²) in [4.78, 5) is 50.9. The van der Waals surface area contributed by atoms with Crippen molar-refractivity contribution in [2.75, 3.05) is 51.5 Å². The second-order valence-corrected chi connectivity index (χ2v) is 9.41. The van der Waals surface area contributed by atoms with E-state index in [2.05, 4.69) is 16.0 Å². The number of carboxylic acid groups (broad SMARTS) is 1. The lowest BCUT2D eigenvalue weighted by atomic mass is 10.1. The van der Waals surface area contributed by atoms with Gasteiger partial charge in [-0.05, 0) is 49.6 Å². The summed E-state index contributed by atoms with van der Waals surface area (Å²) in [5.41, 5.74) is 3.08. The summed E-state index contributed by atoms with van der Waals surface area (Å²) in [7, 11) is 4.72. The van der Waals surface area contributed by atoms with E-state index in [-0.39, 0.29) is 30.8 Å². The van der Waals surface area contributed by atoms with E-state index in [0.29, 0.717) is 43.1 Å². The lowest BCUT2D eigenvalue weighted by molar-refractivity contribution is -0.138. The molecule has 0 spiro atoms. The lowest BCUT2D eigenvalue weighted by Gasteiger charge is -2.29. The van der Waals surface area contributed by atoms with Crippen LogP contribution < -0.4 is 20.7 Å². The Hall–Kier alpha value is -4.12. The fraction of sp³-hybridized carbons (Fsp3) is 0.429. The molecule has 0 fully saturated rings. The third-order valence-corrected chi connectivity index (χ3v) is 6.31. The number of nitrogens with one attached hydrogen (secondary N) is 3. The minimum Gasteiger partial charge on any atom is -0.495 e. The number of ether oxygens (including phenoxy) is 1. The van der Waals surface area contributed by atoms with Gasteiger partial charge in [0.25, 0.3) is 0 Å². The van der Waals surface area contributed by atoms with Crippen molar-refractivity contribution in [2.24, 2.45) is 0 Å². The van der Waals surface area contributed by atoms with E-state index < -0.39 is 12.0 Å². The van der Waals surface area contributed by atoms with E-state index >= 15 is 0 Å². The Kier molecular flexibility index (Phi) is 12.2. The third kappa shape index (κ3) is 10.3. The highest BCUT2D eigenvalue weighted by molar-refractivity contribution is 6.01. The van der Waals surface area contributed by atoms with Gasteiger partial charge in [-0.2, -0.15) is 0 Å². The molecule has 0 aliphatic rings. The molecule has 0 saturated heterocycles. The fourth-order valence-corrected chi connectivity index (χ4v) is 3.77. The van der Waals surface area contributed by atoms with Crippen LogP contribution in [-0.4, -0.2) is 85.6 Å². The smallest absolute Gasteiger partial charge is 0.323 e. The number of urea groups is 2. The first-order valence-corrected chi connectivity index (χ1v) is 12.7. The van der Waals surface area contributed by atoms with Crippen LogP contribution in [0.5, 0.6) is 5.75 Å². The number of para-hydroxylation sites is 1. The molecule has 0 aliphatic carbocycles. The number of rotatable bonds is 14. The van der Waals surface area contributed by atoms with E-state index in [1.54, 1.807) is 33.2 Å². The van der Waals surface area contributed by atoms with E-state index in [1.165, 1.54) is 16.9 Å². The highest BCUT2D eigenvalue weighted by Gasteiger charge is 2.21. The quantitative estimate of drug-likeness (QED) is 0.268. The Bertz CT molecular complexity index is 1160. The van der Waals surface area contributed by atoms with Gasteiger partial charge < -0.3 is 35.6 Å². The summed E-state index contributed by atoms with van der Waals surface area (Å²) in [6.07, 6.45) is 0.704. The molecule has 0 aliphatic heterocycles. The van der Waals surface area contributed by atoms with Crippen molar-refractivity contribution >= 4 is 35.2 Å². The van der Waals surface area contributed by atoms with Crippen LogP contribution in [-0.2, 0) is 16.0 Å². The molecule has 4 amide bonds. The van der Waals surface area contributed by atoms with Crippen LogP contribution in [0.25, 0.3) is 0 Å². The number of carbonyl (C=O) groups excluding carboxylic acids is 3. The number of aryl methyl sites for hydroxylation is 2. The van der Waals surface area contributed by atoms with Gasteiger partial charge in [-0.1, -0.05) is 24.3 Å². The highest BCUT2D eigenvalue weighted by Crippen LogP contribution is 2.26. The predicted molar refractivity (Wildman–Crippen MR) is 151 cm³/mol. The van der Waals surface area contributed by atoms with Gasteiger partial charge >= 0.3 is 18.0 Å². The van der Waals surface area contributed by atoms with Crippen LogP contribution in [0.2, 0.25) is 0 Å². The number of Topliss-reactive ketones (excluding diaryl/α,β-unsaturated/α-hetero) is 1. The van der Waals surface area contributed by atoms with E-state index in [0.717, 1.165) is 11.1 Å². The number of nitrogens with zero attached hydrogens (tertiary/aromatic N) is 2. The second kappa shape index (κ2) is 15.3. The van der Waals surface area contributed by atoms with Gasteiger partial charge in [0.15, 0.2) is 0 Å². The topological polar surface area (TPSA) is 140 Å². The van der Waals surface area contributed by atoms with Gasteiger partial charge in [0.1, 0.15) is 11.5 Å². The van der Waals surface area contributed by atoms with Crippen molar-refractivity contribution in [3.05, 3.63) is 53.6 Å². The maximum atomic E-state index is 12.4. The van der Waals surface area contributed by atoms with Crippen molar-refractivity contribution in [2.45, 2.75) is 39.2 Å². The van der Waals surface area contributed by atoms with E-state index in [1.807, 2.05) is 37.3 Å². The van der Waals surface area contributed by atoms with Crippen molar-refractivity contribution < 1.29 is 29.0 Å². The second-order valence-electron chi connectivity index (χ2n) is 9.41. The predicted octanol–water partition coefficient (Wildman–Crippen LogP) is 3.59. The lowest BCUT2D eigenvalue weighted by Crippen LogP contribution is -2.46. The molecule has 1 unspecified atom stereocenters. The number of likely N-dealkylation sites (N-methyl/N-ethyl adjacent to an activating group) is 1. The number of methoxy groups -OCH3 is 1. The highest BCUT2D eigenvalue weighted by atomic mass is 16.5. The summed E-state index contributed by atoms with van der Waals surface area (Å²) in [6, 6.07) is 11.8. The average molecular weight is 542 g/mol. The fourth-order valence-electron chi connectivity index (χ4n) is 3.77. The van der Waals surface area contributed by atoms with Gasteiger partial charge in [-0.3, -0.25) is 9.59 Å². The van der Waals surface area contributed by atoms with Crippen molar-refractivity contribution in [1.82, 2.24) is 15.1 Å². The zero-order valence-corrected chi connectivity index (χ0v) is 23.2. The number of hydrogen-bond donors (Lipinski definition) is 4. The van der Waals surface area contributed by atoms with Crippen LogP contribution in [0.1, 0.15) is 30.9 Å². The average Bonchev–Trinajstić information content (AvgIpc) is 2.90. The molecule has 39 heavy (non-hydrogen) atoms. The largest absolute Gasteiger partial charge is 0.495 e. The Morgan fingerprint density at radius 2 is 1.72 bits per heavy atom. The number of benzene rings is 2. The van der Waals surface area contributed by atoms with Gasteiger partial charge in [-0.25, -0.2) is 9.59 Å². The zero-order valence-electron chi connectivity index (χ0n) is 23.2. The number of ketones is 1. The SMILES string of the molecule is COc1cc(CCC(=O)CNCCN(C)C(=O)N(C)C(C)CC(=O)O)ccc1NC(=O)Nc1ccccc1C. The Labute approximate surface area is 229 Å². The van der Waals surface area contributed by atoms with Crippen LogP contribution in [0.4, 0.5) is 21.0 Å². The summed E-state index contributed by atoms with van der Waals surface area (Å²) in [5.74, 6) is -0.444. The molecule has 0 radical (unpaired) electrons. The number of carbonyl (C=O) groups is 4. The number of hydrogen-bond acceptors (Lipinski definition) is 6. The van der Waals surface area contributed by atoms with Crippen molar-refractivity contribution in [1.29, 1.82) is 0 Å². The zero-order chi connectivity index (χ0) is 28.9. The van der Waals surface area contributed by atoms with Gasteiger partial charge in [-0.15, -0.1) is 0 Å². The monoisotopic (exact) mass is 541 g/mol. The summed E-state index contributed by atoms with van der Waals surface area (Å²) >= 11 is 0. The molecule has 2 aromatic carbocycles. The van der Waals surface area contributed by atoms with E-state index in [4.69, 9.17) is 9.84 Å². The molecule has 0 saturated carbocycles. The Morgan fingerprint density at radius 3 is 2.38 bits per heavy atom. The maximum Gasteiger partial charge on any atom is 0.323 e. The number of aliphatic carboxylic acids is 1. The Morgan fingerprint density at radius 1 is 1.03 bits per heavy atom. The molecule has 212 valence electrons. The summed E-state index contributed by atoms with van der Waals surface area (Å²) in [5, 5.41) is 17.6. The normalized spacial score (nSPS) is 11.3. The molecular formula is C28H39N5O6. The molecule has 0 bridgehead atoms. The molecule has 11 nitrogen and oxygen atoms in total. The van der Waals surface area contributed by atoms with Crippen LogP contribution in [0, 0.1) is 6.92 Å². The molecule has 0 heterocycles. The summed E-state index contributed by atoms with van der Waals surface area (Å²) < 4.78 is 5.43. The van der Waals surface area contributed by atoms with Crippen LogP contribution >= 0.6 is 0 Å². The van der Waals surface area contributed by atoms with Gasteiger partial charge in [0.05, 0.1) is 25.8 Å². The molecule has 4 N–H and O–H groups in total. The minimum atomic E-state index is -0.961. The molecule has 11 heteroatoms. The first-order valence-electron chi connectivity index (χ1n) is 12.7. The molecule has 0 aromatic heterocycles. The minimum absolute atomic E-state index is 0.0231. The number of carboxylic acids is 1. The number of anilines is 2. The van der Waals surface area contributed by atoms with Gasteiger partial charge in [0.2, 0.25) is 0 Å². The standard InChI is InChI=1S/C28H39N5O6/c1-19-8-6-7-9-23(19)30-27(37)31-24-13-11-21(17-25(24)39-5)10-12-22(34)18-29-14-15-32(3)28(38)33(4)20(2)16-26(35)36/h6-9,11,13,17,20,29H,10,12,14-16,18H2,1-5H3,(H,35,36)(H2,30,31,37). The molecule has 2 aromatic rings. The third-order valence-electron chi connectivity index (χ3n) is 6.31. The maximum absolute atomic E-state index is 12.4. The summed E-state index contributed by atoms with van der Waals surface area (Å²) in [6.45, 7) is 4.56.